The zero-order chi connectivity index (χ0) is 77.7. The molecule has 570 valence electrons. The Bertz CT molecular complexity index is 3030. The number of amides is 12. The zero-order valence-corrected chi connectivity index (χ0v) is 58.4. The lowest BCUT2D eigenvalue weighted by Crippen LogP contribution is -2.65. The number of hydrogen-bond donors (Lipinski definition) is 19. The molecule has 0 saturated carbocycles. The molecule has 2 rings (SSSR count). The number of aliphatic hydroxyl groups is 4. The number of nitrogens with one attached hydrogen (secondary N) is 11. The maximum atomic E-state index is 15.8. The molecule has 36 nitrogen and oxygen atoms in total. The standard InChI is InChI=1S/C60H99N15O19.C2HF3O2/c1-13-31(8)40-52(86)73-41(32(9)77)51(85)67-26-38(78)71-43(46(81)48(62)82)54(88)70-37(27-76)57(91)93-47(33-18-15-14-16-19-33)44(75(56(90)34(61)24-28(2)3)39(79)21-23-66-59(92)94-60(10,11)12)55(89)74-42(45(80)30(6)7)53(87)69-36(25-29(4)5)50(84)68-35(49(83)72-40)20-17-22-65-58(63)64;3-2(4,5)1(6)7/h14-16,18-19,28-32,34-37,40-47,76-77,80-81H,13,17,20-27,61H2,1-12H3,(H2,62,82)(H,66,92)(H,67,85)(H,68,84)(H,69,87)(H,70,88)(H,71,78)(H,72,83)(H,73,86)(H,74,89)(H4,63,64,65);(H,6,7)/t31-,32-,34-,35+,36-,37-,40-,41-,42-,43-,44-,45+,46-,47+;/m0./s1. The minimum Gasteiger partial charge on any atom is -0.475 e. The third-order valence-corrected chi connectivity index (χ3v) is 14.8. The first-order valence-electron chi connectivity index (χ1n) is 32.3. The van der Waals surface area contributed by atoms with Gasteiger partial charge in [0.15, 0.2) is 30.3 Å². The van der Waals surface area contributed by atoms with Gasteiger partial charge in [0.2, 0.25) is 65.0 Å². The monoisotopic (exact) mass is 1450 g/mol. The van der Waals surface area contributed by atoms with Crippen molar-refractivity contribution in [3.8, 4) is 0 Å². The van der Waals surface area contributed by atoms with E-state index in [-0.39, 0.29) is 50.1 Å². The number of guanidine groups is 1. The molecule has 1 aliphatic rings. The molecule has 0 unspecified atom stereocenters. The summed E-state index contributed by atoms with van der Waals surface area (Å²) in [6.45, 7) is 15.4. The van der Waals surface area contributed by atoms with Gasteiger partial charge in [0.25, 0.3) is 0 Å². The summed E-state index contributed by atoms with van der Waals surface area (Å²) >= 11 is 0. The van der Waals surface area contributed by atoms with Gasteiger partial charge >= 0.3 is 24.2 Å². The Morgan fingerprint density at radius 3 is 1.72 bits per heavy atom. The summed E-state index contributed by atoms with van der Waals surface area (Å²) < 4.78 is 43.0. The highest BCUT2D eigenvalue weighted by molar-refractivity contribution is 6.04. The first-order chi connectivity index (χ1) is 46.7. The molecular weight excluding hydrogens is 1350 g/mol. The van der Waals surface area contributed by atoms with E-state index in [0.29, 0.717) is 4.90 Å². The van der Waals surface area contributed by atoms with E-state index < -0.39 is 223 Å². The lowest BCUT2D eigenvalue weighted by molar-refractivity contribution is -0.192. The summed E-state index contributed by atoms with van der Waals surface area (Å²) in [5, 5.41) is 82.7. The lowest BCUT2D eigenvalue weighted by atomic mass is 9.94. The molecule has 1 aliphatic heterocycles. The molecule has 1 saturated heterocycles. The molecule has 22 N–H and O–H groups in total. The molecule has 1 aromatic rings. The maximum absolute atomic E-state index is 15.8. The van der Waals surface area contributed by atoms with Crippen LogP contribution < -0.4 is 70.4 Å². The third-order valence-electron chi connectivity index (χ3n) is 14.8. The predicted octanol–water partition coefficient (Wildman–Crippen LogP) is -3.97. The largest absolute Gasteiger partial charge is 0.490 e. The Morgan fingerprint density at radius 1 is 0.703 bits per heavy atom. The van der Waals surface area contributed by atoms with Gasteiger partial charge < -0.3 is 105 Å². The number of rotatable bonds is 22. The molecule has 1 aromatic carbocycles. The summed E-state index contributed by atoms with van der Waals surface area (Å²) in [6.07, 6.45) is -15.8. The van der Waals surface area contributed by atoms with Crippen LogP contribution in [0.5, 0.6) is 0 Å². The van der Waals surface area contributed by atoms with Crippen LogP contribution in [-0.2, 0) is 71.8 Å². The van der Waals surface area contributed by atoms with Crippen LogP contribution in [0.15, 0.2) is 30.3 Å². The Hall–Kier alpha value is -9.34. The third kappa shape index (κ3) is 31.0. The van der Waals surface area contributed by atoms with Gasteiger partial charge in [-0.25, -0.2) is 14.4 Å². The summed E-state index contributed by atoms with van der Waals surface area (Å²) in [6, 6.07) is -11.0. The number of imide groups is 1. The number of aliphatic carboxylic acids is 1. The molecule has 0 bridgehead atoms. The minimum atomic E-state index is -5.08. The van der Waals surface area contributed by atoms with E-state index >= 15 is 19.2 Å². The first-order valence-corrected chi connectivity index (χ1v) is 32.3. The van der Waals surface area contributed by atoms with E-state index in [1.165, 1.54) is 44.2 Å². The topological polar surface area (TPSA) is 584 Å². The number of nitrogens with zero attached hydrogens (tertiary/aromatic N) is 1. The number of carboxylic acid groups (broad SMARTS) is 1. The van der Waals surface area contributed by atoms with Gasteiger partial charge in [-0.3, -0.25) is 63.0 Å². The van der Waals surface area contributed by atoms with Crippen LogP contribution in [0.1, 0.15) is 133 Å². The molecule has 1 fully saturated rings. The van der Waals surface area contributed by atoms with E-state index in [4.69, 9.17) is 42.0 Å². The highest BCUT2D eigenvalue weighted by Gasteiger charge is 2.48. The number of carboxylic acids is 1. The van der Waals surface area contributed by atoms with Crippen molar-refractivity contribution in [3.05, 3.63) is 35.9 Å². The summed E-state index contributed by atoms with van der Waals surface area (Å²) in [4.78, 5) is 195. The molecule has 0 radical (unpaired) electrons. The molecule has 0 spiro atoms. The average molecular weight is 1450 g/mol. The number of halogens is 3. The Kier molecular flexibility index (Phi) is 37.3. The molecule has 101 heavy (non-hydrogen) atoms. The second-order valence-corrected chi connectivity index (χ2v) is 25.9. The highest BCUT2D eigenvalue weighted by Crippen LogP contribution is 2.29. The van der Waals surface area contributed by atoms with Gasteiger partial charge in [0.05, 0.1) is 31.4 Å². The van der Waals surface area contributed by atoms with Crippen molar-refractivity contribution < 1.29 is 115 Å². The maximum Gasteiger partial charge on any atom is 0.490 e. The smallest absolute Gasteiger partial charge is 0.475 e. The number of benzene rings is 1. The van der Waals surface area contributed by atoms with Gasteiger partial charge in [-0.05, 0) is 82.6 Å². The van der Waals surface area contributed by atoms with Crippen LogP contribution >= 0.6 is 0 Å². The van der Waals surface area contributed by atoms with Crippen molar-refractivity contribution >= 4 is 89.0 Å². The van der Waals surface area contributed by atoms with Gasteiger partial charge in [0.1, 0.15) is 41.9 Å². The SMILES string of the molecule is CC[C@H](C)[C@@H]1NC(=O)[C@@H](CCCNC(=N)N)NC(=O)[C@H](CC(C)C)NC(=O)[C@H]([C@H](O)C(C)C)NC(=O)[C@@H](N(C(=O)CCNC(=O)OC(C)(C)C)C(=O)[C@@H](N)CC(C)C)[C@@H](c2ccccc2)OC(=O)[C@H](CO)NC(=O)[C@H]([C@H](O)C(N)=O)NC(=O)CNC(=O)[C@H]([C@H](C)O)NC1=O.O=C(O)C(F)(F)F. The van der Waals surface area contributed by atoms with Crippen molar-refractivity contribution in [1.29, 1.82) is 5.41 Å². The number of ether oxygens (including phenoxy) is 2. The van der Waals surface area contributed by atoms with Gasteiger partial charge in [-0.1, -0.05) is 92.1 Å². The van der Waals surface area contributed by atoms with Crippen LogP contribution in [0, 0.1) is 29.1 Å². The van der Waals surface area contributed by atoms with Crippen LogP contribution in [0.4, 0.5) is 18.0 Å². The molecular formula is C62H100F3N15O21. The number of alkyl carbamates (subject to hydrolysis) is 1. The number of carbonyl (C=O) groups is 14. The lowest BCUT2D eigenvalue weighted by Gasteiger charge is -2.38. The number of esters is 1. The van der Waals surface area contributed by atoms with Crippen molar-refractivity contribution in [1.82, 2.24) is 58.1 Å². The molecule has 0 aromatic heterocycles. The van der Waals surface area contributed by atoms with E-state index in [1.807, 2.05) is 10.6 Å². The Morgan fingerprint density at radius 2 is 1.23 bits per heavy atom. The normalized spacial score (nSPS) is 23.0. The number of alkyl halides is 3. The Balaban J connectivity index is 0.00000689. The highest BCUT2D eigenvalue weighted by atomic mass is 19.4. The molecule has 39 heteroatoms. The van der Waals surface area contributed by atoms with Crippen molar-refractivity contribution in [2.45, 2.75) is 212 Å². The van der Waals surface area contributed by atoms with Crippen LogP contribution in [0.3, 0.4) is 0 Å². The number of primary amides is 1. The Labute approximate surface area is 581 Å². The number of carbonyl (C=O) groups excluding carboxylic acids is 13. The number of hydrogen-bond acceptors (Lipinski definition) is 22. The fourth-order valence-electron chi connectivity index (χ4n) is 9.43. The average Bonchev–Trinajstić information content (AvgIpc) is 0.784. The number of cyclic esters (lactones) is 1. The van der Waals surface area contributed by atoms with E-state index in [1.54, 1.807) is 62.3 Å². The fourth-order valence-corrected chi connectivity index (χ4v) is 9.43. The van der Waals surface area contributed by atoms with Gasteiger partial charge in [0, 0.05) is 19.5 Å². The molecule has 1 heterocycles. The van der Waals surface area contributed by atoms with Crippen LogP contribution in [0.2, 0.25) is 0 Å². The minimum absolute atomic E-state index is 0.0116. The van der Waals surface area contributed by atoms with E-state index in [9.17, 15) is 76.7 Å². The fraction of sp³-hybridized carbons (Fsp3) is 0.661. The first kappa shape index (κ1) is 89.7. The van der Waals surface area contributed by atoms with Crippen molar-refractivity contribution in [2.24, 2.45) is 40.9 Å². The van der Waals surface area contributed by atoms with E-state index in [0.717, 1.165) is 6.92 Å². The molecule has 12 amide bonds. The second kappa shape index (κ2) is 42.0. The van der Waals surface area contributed by atoms with Crippen LogP contribution in [-0.4, -0.2) is 230 Å². The molecule has 0 aliphatic carbocycles. The zero-order valence-electron chi connectivity index (χ0n) is 58.4. The molecule has 14 atom stereocenters. The van der Waals surface area contributed by atoms with Crippen molar-refractivity contribution in [3.63, 3.8) is 0 Å². The predicted molar refractivity (Wildman–Crippen MR) is 350 cm³/mol. The summed E-state index contributed by atoms with van der Waals surface area (Å²) in [7, 11) is 0. The number of aliphatic hydroxyl groups excluding tert-OH is 4. The van der Waals surface area contributed by atoms with Crippen LogP contribution in [0.25, 0.3) is 0 Å². The second-order valence-electron chi connectivity index (χ2n) is 25.9. The van der Waals surface area contributed by atoms with Gasteiger partial charge in [-0.2, -0.15) is 13.2 Å². The summed E-state index contributed by atoms with van der Waals surface area (Å²) in [5.74, 6) is -21.7. The van der Waals surface area contributed by atoms with Crippen molar-refractivity contribution in [2.75, 3.05) is 26.2 Å². The summed E-state index contributed by atoms with van der Waals surface area (Å²) in [5.41, 5.74) is 16.1. The van der Waals surface area contributed by atoms with Gasteiger partial charge in [-0.15, -0.1) is 0 Å². The number of nitrogens with two attached hydrogens (primary N) is 3. The quantitative estimate of drug-likeness (QED) is 0.0228. The van der Waals surface area contributed by atoms with E-state index in [2.05, 4.69) is 42.5 Å².